The lowest BCUT2D eigenvalue weighted by Crippen LogP contribution is -2.22. The van der Waals surface area contributed by atoms with Gasteiger partial charge in [0.2, 0.25) is 10.0 Å². The third-order valence-corrected chi connectivity index (χ3v) is 3.90. The summed E-state index contributed by atoms with van der Waals surface area (Å²) in [7, 11) is -6.69. The molecule has 0 aliphatic heterocycles. The van der Waals surface area contributed by atoms with Crippen LogP contribution in [0.15, 0.2) is 29.2 Å². The molecule has 1 rings (SSSR count). The molecule has 0 heterocycles. The van der Waals surface area contributed by atoms with Gasteiger partial charge in [-0.3, -0.25) is 0 Å². The second-order valence-corrected chi connectivity index (χ2v) is 7.34. The van der Waals surface area contributed by atoms with Gasteiger partial charge in [0.05, 0.1) is 10.6 Å². The van der Waals surface area contributed by atoms with Crippen LogP contribution in [-0.2, 0) is 19.9 Å². The molecule has 0 aliphatic rings. The van der Waals surface area contributed by atoms with Crippen molar-refractivity contribution in [1.82, 2.24) is 0 Å². The van der Waals surface area contributed by atoms with E-state index >= 15 is 0 Å². The topological polar surface area (TPSA) is 106 Å². The maximum atomic E-state index is 11.2. The fraction of sp³-hybridized carbons (Fsp3) is 0.333. The Kier molecular flexibility index (Phi) is 4.12. The number of hydrogen-bond donors (Lipinski definition) is 2. The number of benzene rings is 1. The van der Waals surface area contributed by atoms with Crippen LogP contribution in [0.5, 0.6) is 0 Å². The normalized spacial score (nSPS) is 12.4. The van der Waals surface area contributed by atoms with Crippen molar-refractivity contribution in [1.29, 1.82) is 0 Å². The standard InChI is InChI=1S/C9H14N2O4S2/c1-16(12,13)9-4-2-8(3-5-9)11-6-7-17(10,14)15/h2-5,11H,6-7H2,1H3,(H2,10,14,15). The van der Waals surface area contributed by atoms with Gasteiger partial charge in [-0.1, -0.05) is 0 Å². The monoisotopic (exact) mass is 278 g/mol. The number of nitrogens with two attached hydrogens (primary N) is 1. The van der Waals surface area contributed by atoms with E-state index in [1.54, 1.807) is 12.1 Å². The van der Waals surface area contributed by atoms with Crippen molar-refractivity contribution < 1.29 is 16.8 Å². The lowest BCUT2D eigenvalue weighted by Gasteiger charge is -2.06. The molecule has 0 unspecified atom stereocenters. The molecule has 0 bridgehead atoms. The van der Waals surface area contributed by atoms with Crippen LogP contribution in [-0.4, -0.2) is 35.4 Å². The average molecular weight is 278 g/mol. The summed E-state index contributed by atoms with van der Waals surface area (Å²) in [5.41, 5.74) is 0.640. The van der Waals surface area contributed by atoms with Gasteiger partial charge in [0.15, 0.2) is 9.84 Å². The maximum Gasteiger partial charge on any atom is 0.210 e. The molecule has 0 atom stereocenters. The van der Waals surface area contributed by atoms with Crippen LogP contribution >= 0.6 is 0 Å². The van der Waals surface area contributed by atoms with Crippen LogP contribution < -0.4 is 10.5 Å². The maximum absolute atomic E-state index is 11.2. The highest BCUT2D eigenvalue weighted by molar-refractivity contribution is 7.90. The number of sulfonamides is 1. The Morgan fingerprint density at radius 2 is 1.65 bits per heavy atom. The summed E-state index contributed by atoms with van der Waals surface area (Å²) in [6.07, 6.45) is 1.12. The number of anilines is 1. The molecule has 0 saturated carbocycles. The molecule has 0 radical (unpaired) electrons. The minimum absolute atomic E-state index is 0.178. The largest absolute Gasteiger partial charge is 0.384 e. The van der Waals surface area contributed by atoms with Gasteiger partial charge in [-0.15, -0.1) is 0 Å². The van der Waals surface area contributed by atoms with Gasteiger partial charge in [0.25, 0.3) is 0 Å². The van der Waals surface area contributed by atoms with Crippen molar-refractivity contribution in [2.45, 2.75) is 4.90 Å². The van der Waals surface area contributed by atoms with E-state index in [1.165, 1.54) is 12.1 Å². The third-order valence-electron chi connectivity index (χ3n) is 2.00. The van der Waals surface area contributed by atoms with Crippen molar-refractivity contribution in [3.8, 4) is 0 Å². The van der Waals surface area contributed by atoms with Crippen LogP contribution in [0, 0.1) is 0 Å². The fourth-order valence-electron chi connectivity index (χ4n) is 1.16. The van der Waals surface area contributed by atoms with Gasteiger partial charge < -0.3 is 5.32 Å². The molecule has 0 aromatic heterocycles. The van der Waals surface area contributed by atoms with Gasteiger partial charge in [0, 0.05) is 18.5 Å². The average Bonchev–Trinajstić information content (AvgIpc) is 2.15. The number of rotatable bonds is 5. The lowest BCUT2D eigenvalue weighted by atomic mass is 10.3. The van der Waals surface area contributed by atoms with E-state index < -0.39 is 19.9 Å². The van der Waals surface area contributed by atoms with Gasteiger partial charge in [0.1, 0.15) is 0 Å². The Morgan fingerprint density at radius 3 is 2.06 bits per heavy atom. The summed E-state index contributed by atoms with van der Waals surface area (Å²) < 4.78 is 43.7. The molecule has 6 nitrogen and oxygen atoms in total. The van der Waals surface area contributed by atoms with E-state index in [9.17, 15) is 16.8 Å². The molecule has 3 N–H and O–H groups in total. The predicted molar refractivity (Wildman–Crippen MR) is 66.0 cm³/mol. The Labute approximate surface area is 101 Å². The summed E-state index contributed by atoms with van der Waals surface area (Å²) in [5.74, 6) is -0.180. The first-order chi connectivity index (χ1) is 7.68. The molecular weight excluding hydrogens is 264 g/mol. The zero-order valence-corrected chi connectivity index (χ0v) is 10.9. The Bertz CT molecular complexity index is 576. The van der Waals surface area contributed by atoms with Gasteiger partial charge in [-0.2, -0.15) is 0 Å². The van der Waals surface area contributed by atoms with Gasteiger partial charge in [-0.25, -0.2) is 22.0 Å². The third kappa shape index (κ3) is 5.16. The summed E-state index contributed by atoms with van der Waals surface area (Å²) in [5, 5.41) is 7.66. The minimum atomic E-state index is -3.48. The van der Waals surface area contributed by atoms with Crippen LogP contribution in [0.3, 0.4) is 0 Å². The highest BCUT2D eigenvalue weighted by Crippen LogP contribution is 2.13. The molecule has 1 aromatic carbocycles. The minimum Gasteiger partial charge on any atom is -0.384 e. The fourth-order valence-corrected chi connectivity index (χ4v) is 2.17. The van der Waals surface area contributed by atoms with Crippen molar-refractivity contribution >= 4 is 25.5 Å². The smallest absolute Gasteiger partial charge is 0.210 e. The van der Waals surface area contributed by atoms with Gasteiger partial charge in [-0.05, 0) is 24.3 Å². The Balaban J connectivity index is 2.64. The zero-order valence-electron chi connectivity index (χ0n) is 9.25. The van der Waals surface area contributed by atoms with E-state index in [4.69, 9.17) is 5.14 Å². The van der Waals surface area contributed by atoms with Crippen molar-refractivity contribution in [3.05, 3.63) is 24.3 Å². The second kappa shape index (κ2) is 5.03. The molecule has 0 aliphatic carbocycles. The Hall–Kier alpha value is -1.12. The summed E-state index contributed by atoms with van der Waals surface area (Å²) in [4.78, 5) is 0.217. The first kappa shape index (κ1) is 13.9. The highest BCUT2D eigenvalue weighted by atomic mass is 32.2. The van der Waals surface area contributed by atoms with Crippen molar-refractivity contribution in [3.63, 3.8) is 0 Å². The van der Waals surface area contributed by atoms with Crippen molar-refractivity contribution in [2.75, 3.05) is 23.9 Å². The second-order valence-electron chi connectivity index (χ2n) is 3.59. The molecule has 0 spiro atoms. The summed E-state index contributed by atoms with van der Waals surface area (Å²) in [6.45, 7) is 0.178. The van der Waals surface area contributed by atoms with Crippen LogP contribution in [0.2, 0.25) is 0 Å². The SMILES string of the molecule is CS(=O)(=O)c1ccc(NCCS(N)(=O)=O)cc1. The quantitative estimate of drug-likeness (QED) is 0.775. The van der Waals surface area contributed by atoms with Gasteiger partial charge >= 0.3 is 0 Å². The molecule has 0 fully saturated rings. The Morgan fingerprint density at radius 1 is 1.12 bits per heavy atom. The van der Waals surface area contributed by atoms with Crippen LogP contribution in [0.4, 0.5) is 5.69 Å². The number of hydrogen-bond acceptors (Lipinski definition) is 5. The van der Waals surface area contributed by atoms with E-state index in [0.29, 0.717) is 5.69 Å². The van der Waals surface area contributed by atoms with E-state index in [2.05, 4.69) is 5.32 Å². The first-order valence-corrected chi connectivity index (χ1v) is 8.34. The lowest BCUT2D eigenvalue weighted by molar-refractivity contribution is 0.597. The molecule has 8 heteroatoms. The summed E-state index contributed by atoms with van der Waals surface area (Å²) >= 11 is 0. The first-order valence-electron chi connectivity index (χ1n) is 4.73. The highest BCUT2D eigenvalue weighted by Gasteiger charge is 2.06. The van der Waals surface area contributed by atoms with Crippen molar-refractivity contribution in [2.24, 2.45) is 5.14 Å². The van der Waals surface area contributed by atoms with E-state index in [-0.39, 0.29) is 17.2 Å². The molecule has 96 valence electrons. The predicted octanol–water partition coefficient (Wildman–Crippen LogP) is -0.209. The number of primary sulfonamides is 1. The molecule has 1 aromatic rings. The van der Waals surface area contributed by atoms with E-state index in [1.807, 2.05) is 0 Å². The van der Waals surface area contributed by atoms with Crippen LogP contribution in [0.1, 0.15) is 0 Å². The van der Waals surface area contributed by atoms with Crippen LogP contribution in [0.25, 0.3) is 0 Å². The molecule has 0 saturated heterocycles. The molecular formula is C9H14N2O4S2. The molecule has 0 amide bonds. The number of sulfone groups is 1. The number of nitrogens with one attached hydrogen (secondary N) is 1. The summed E-state index contributed by atoms with van der Waals surface area (Å²) in [6, 6.07) is 6.04. The van der Waals surface area contributed by atoms with E-state index in [0.717, 1.165) is 6.26 Å². The molecule has 17 heavy (non-hydrogen) atoms. The zero-order chi connectivity index (χ0) is 13.1.